The number of nitrogens with zero attached hydrogens (tertiary/aromatic N) is 7. The fraction of sp³-hybridized carbons (Fsp3) is 0.292. The second kappa shape index (κ2) is 10.6. The van der Waals surface area contributed by atoms with Crippen molar-refractivity contribution in [3.63, 3.8) is 0 Å². The Morgan fingerprint density at radius 3 is 2.40 bits per heavy atom. The second-order valence-corrected chi connectivity index (χ2v) is 9.98. The van der Waals surface area contributed by atoms with Crippen LogP contribution < -0.4 is 16.3 Å². The molecule has 1 aliphatic heterocycles. The van der Waals surface area contributed by atoms with Crippen molar-refractivity contribution in [1.29, 1.82) is 0 Å². The van der Waals surface area contributed by atoms with E-state index in [1.54, 1.807) is 29.2 Å². The molecule has 1 atom stereocenters. The summed E-state index contributed by atoms with van der Waals surface area (Å²) in [7, 11) is 0. The Hall–Kier alpha value is -3.88. The second-order valence-electron chi connectivity index (χ2n) is 9.13. The van der Waals surface area contributed by atoms with Gasteiger partial charge in [0.2, 0.25) is 11.9 Å². The van der Waals surface area contributed by atoms with E-state index in [-0.39, 0.29) is 24.1 Å². The molecule has 1 fully saturated rings. The van der Waals surface area contributed by atoms with E-state index in [4.69, 9.17) is 28.9 Å². The molecular weight excluding hydrogens is 576 g/mol. The predicted molar refractivity (Wildman–Crippen MR) is 139 cm³/mol. The Morgan fingerprint density at radius 2 is 1.77 bits per heavy atom. The van der Waals surface area contributed by atoms with Gasteiger partial charge < -0.3 is 15.7 Å². The van der Waals surface area contributed by atoms with Crippen LogP contribution in [0.5, 0.6) is 0 Å². The first kappa shape index (κ1) is 27.7. The largest absolute Gasteiger partial charge is 0.416 e. The number of hydrogen-bond acceptors (Lipinski definition) is 7. The summed E-state index contributed by atoms with van der Waals surface area (Å²) in [5, 5.41) is 19.2. The predicted octanol–water partition coefficient (Wildman–Crippen LogP) is 2.49. The van der Waals surface area contributed by atoms with Crippen molar-refractivity contribution >= 4 is 35.1 Å². The molecule has 2 aromatic heterocycles. The number of halogens is 5. The first-order chi connectivity index (χ1) is 18.9. The number of carbonyl (C=O) groups excluding carboxylic acids is 1. The minimum absolute atomic E-state index is 0.100. The number of aromatic nitrogens is 6. The van der Waals surface area contributed by atoms with Crippen molar-refractivity contribution in [3.8, 4) is 17.1 Å². The molecule has 0 bridgehead atoms. The molecule has 3 heterocycles. The highest BCUT2D eigenvalue weighted by Crippen LogP contribution is 2.29. The zero-order valence-corrected chi connectivity index (χ0v) is 22.0. The van der Waals surface area contributed by atoms with Crippen molar-refractivity contribution in [1.82, 2.24) is 29.1 Å². The van der Waals surface area contributed by atoms with Gasteiger partial charge in [0, 0.05) is 23.7 Å². The number of primary amides is 1. The normalized spacial score (nSPS) is 14.8. The molecular formula is C24H21Cl2F3N8O3. The summed E-state index contributed by atoms with van der Waals surface area (Å²) >= 11 is 12.3. The van der Waals surface area contributed by atoms with Gasteiger partial charge in [-0.1, -0.05) is 35.3 Å². The number of alkyl halides is 3. The van der Waals surface area contributed by atoms with Crippen LogP contribution in [0.15, 0.2) is 53.3 Å². The van der Waals surface area contributed by atoms with Crippen LogP contribution in [0, 0.1) is 5.92 Å². The van der Waals surface area contributed by atoms with Crippen molar-refractivity contribution in [3.05, 3.63) is 74.9 Å². The van der Waals surface area contributed by atoms with E-state index < -0.39 is 30.4 Å². The summed E-state index contributed by atoms with van der Waals surface area (Å²) in [6, 6.07) is 12.8. The van der Waals surface area contributed by atoms with Crippen molar-refractivity contribution in [2.45, 2.75) is 25.4 Å². The lowest BCUT2D eigenvalue weighted by Gasteiger charge is -2.37. The first-order valence-electron chi connectivity index (χ1n) is 11.9. The number of nitrogens with two attached hydrogens (primary N) is 1. The van der Waals surface area contributed by atoms with E-state index in [2.05, 4.69) is 15.2 Å². The van der Waals surface area contributed by atoms with Gasteiger partial charge in [-0.25, -0.2) is 9.48 Å². The maximum atomic E-state index is 13.2. The summed E-state index contributed by atoms with van der Waals surface area (Å²) in [5.41, 5.74) is 5.27. The van der Waals surface area contributed by atoms with Gasteiger partial charge in [0.05, 0.1) is 23.2 Å². The van der Waals surface area contributed by atoms with Gasteiger partial charge >= 0.3 is 11.9 Å². The molecule has 16 heteroatoms. The molecule has 0 unspecified atom stereocenters. The Bertz CT molecular complexity index is 1610. The third-order valence-electron chi connectivity index (χ3n) is 6.33. The summed E-state index contributed by atoms with van der Waals surface area (Å²) in [4.78, 5) is 31.1. The highest BCUT2D eigenvalue weighted by atomic mass is 35.5. The Kier molecular flexibility index (Phi) is 7.33. The van der Waals surface area contributed by atoms with E-state index in [9.17, 15) is 27.9 Å². The lowest BCUT2D eigenvalue weighted by Crippen LogP contribution is -2.53. The van der Waals surface area contributed by atoms with Gasteiger partial charge in [0.15, 0.2) is 17.8 Å². The van der Waals surface area contributed by atoms with Gasteiger partial charge in [-0.3, -0.25) is 9.36 Å². The quantitative estimate of drug-likeness (QED) is 0.319. The number of rotatable bonds is 8. The van der Waals surface area contributed by atoms with E-state index in [0.29, 0.717) is 40.3 Å². The summed E-state index contributed by atoms with van der Waals surface area (Å²) in [6.45, 7) is -0.799. The summed E-state index contributed by atoms with van der Waals surface area (Å²) in [6.07, 6.45) is -7.76. The number of benzene rings is 2. The molecule has 0 aliphatic carbocycles. The SMILES string of the molecule is NC(=O)C1CN(c2nc(Cn3nc(-c4ccc(Cl)cc4)n(C[C@H](O)C(F)(F)F)c3=O)nn2-c2ccccc2Cl)C1. The Morgan fingerprint density at radius 1 is 1.10 bits per heavy atom. The minimum atomic E-state index is -4.96. The molecule has 210 valence electrons. The number of amides is 1. The average molecular weight is 597 g/mol. The standard InChI is InChI=1S/C24H21Cl2F3N8O3/c25-15-7-5-13(6-8-15)21-33-36(23(40)35(21)11-18(38)24(27,28)29)12-19-31-22(34-9-14(10-34)20(30)39)37(32-19)17-4-2-1-3-16(17)26/h1-8,14,18,38H,9-12H2,(H2,30,39)/t18-/m0/s1. The molecule has 0 saturated carbocycles. The molecule has 0 spiro atoms. The molecule has 3 N–H and O–H groups in total. The van der Waals surface area contributed by atoms with Crippen LogP contribution in [0.25, 0.3) is 17.1 Å². The van der Waals surface area contributed by atoms with Crippen LogP contribution in [0.3, 0.4) is 0 Å². The molecule has 1 amide bonds. The fourth-order valence-corrected chi connectivity index (χ4v) is 4.50. The molecule has 1 saturated heterocycles. The highest BCUT2D eigenvalue weighted by Gasteiger charge is 2.39. The van der Waals surface area contributed by atoms with Gasteiger partial charge in [0.1, 0.15) is 6.54 Å². The molecule has 4 aromatic rings. The molecule has 40 heavy (non-hydrogen) atoms. The number of aliphatic hydroxyl groups excluding tert-OH is 1. The summed E-state index contributed by atoms with van der Waals surface area (Å²) < 4.78 is 42.6. The number of hydrogen-bond donors (Lipinski definition) is 2. The van der Waals surface area contributed by atoms with Crippen molar-refractivity contribution in [2.24, 2.45) is 11.7 Å². The highest BCUT2D eigenvalue weighted by molar-refractivity contribution is 6.32. The van der Waals surface area contributed by atoms with Crippen molar-refractivity contribution in [2.75, 3.05) is 18.0 Å². The fourth-order valence-electron chi connectivity index (χ4n) is 4.16. The third kappa shape index (κ3) is 5.42. The van der Waals surface area contributed by atoms with Gasteiger partial charge in [-0.15, -0.1) is 10.2 Å². The zero-order chi connectivity index (χ0) is 28.8. The number of anilines is 1. The van der Waals surface area contributed by atoms with Crippen LogP contribution in [-0.4, -0.2) is 65.5 Å². The zero-order valence-electron chi connectivity index (χ0n) is 20.5. The number of para-hydroxylation sites is 1. The van der Waals surface area contributed by atoms with Crippen LogP contribution >= 0.6 is 23.2 Å². The first-order valence-corrected chi connectivity index (χ1v) is 12.6. The Balaban J connectivity index is 1.54. The maximum absolute atomic E-state index is 13.2. The lowest BCUT2D eigenvalue weighted by atomic mass is 10.0. The van der Waals surface area contributed by atoms with Gasteiger partial charge in [-0.2, -0.15) is 22.8 Å². The van der Waals surface area contributed by atoms with Crippen LogP contribution in [0.4, 0.5) is 19.1 Å². The van der Waals surface area contributed by atoms with E-state index in [1.165, 1.54) is 28.9 Å². The maximum Gasteiger partial charge on any atom is 0.416 e. The van der Waals surface area contributed by atoms with E-state index >= 15 is 0 Å². The van der Waals surface area contributed by atoms with Gasteiger partial charge in [-0.05, 0) is 36.4 Å². The molecule has 0 radical (unpaired) electrons. The average Bonchev–Trinajstić information content (AvgIpc) is 3.39. The molecule has 1 aliphatic rings. The lowest BCUT2D eigenvalue weighted by molar-refractivity contribution is -0.207. The molecule has 5 rings (SSSR count). The van der Waals surface area contributed by atoms with Crippen LogP contribution in [0.2, 0.25) is 10.0 Å². The minimum Gasteiger partial charge on any atom is -0.382 e. The topological polar surface area (TPSA) is 137 Å². The van der Waals surface area contributed by atoms with Gasteiger partial charge in [0.25, 0.3) is 0 Å². The van der Waals surface area contributed by atoms with E-state index in [0.717, 1.165) is 9.25 Å². The monoisotopic (exact) mass is 596 g/mol. The smallest absolute Gasteiger partial charge is 0.382 e. The number of aliphatic hydroxyl groups is 1. The van der Waals surface area contributed by atoms with Crippen LogP contribution in [0.1, 0.15) is 5.82 Å². The molecule has 2 aromatic carbocycles. The van der Waals surface area contributed by atoms with Crippen molar-refractivity contribution < 1.29 is 23.1 Å². The Labute approximate surface area is 234 Å². The molecule has 11 nitrogen and oxygen atoms in total. The van der Waals surface area contributed by atoms with Crippen LogP contribution in [-0.2, 0) is 17.9 Å². The summed E-state index contributed by atoms with van der Waals surface area (Å²) in [5.74, 6) is -0.502. The third-order valence-corrected chi connectivity index (χ3v) is 6.90. The number of carbonyl (C=O) groups is 1. The van der Waals surface area contributed by atoms with E-state index in [1.807, 2.05) is 0 Å².